The van der Waals surface area contributed by atoms with Crippen molar-refractivity contribution in [2.45, 2.75) is 25.7 Å². The first-order chi connectivity index (χ1) is 7.57. The molecule has 1 fully saturated rings. The number of aromatic nitrogens is 1. The first-order valence-corrected chi connectivity index (χ1v) is 6.01. The number of hydrogen-bond acceptors (Lipinski definition) is 4. The van der Waals surface area contributed by atoms with E-state index in [9.17, 15) is 0 Å². The predicted molar refractivity (Wildman–Crippen MR) is 65.3 cm³/mol. The third-order valence-corrected chi connectivity index (χ3v) is 3.01. The summed E-state index contributed by atoms with van der Waals surface area (Å²) in [6.45, 7) is 5.11. The fraction of sp³-hybridized carbons (Fsp3) is 0.545. The van der Waals surface area contributed by atoms with Gasteiger partial charge in [-0.1, -0.05) is 0 Å². The van der Waals surface area contributed by atoms with Gasteiger partial charge < -0.3 is 14.8 Å². The molecule has 1 aromatic heterocycles. The van der Waals surface area contributed by atoms with E-state index in [1.54, 1.807) is 6.20 Å². The number of halogens is 1. The number of rotatable bonds is 2. The van der Waals surface area contributed by atoms with Crippen LogP contribution in [0.1, 0.15) is 13.8 Å². The van der Waals surface area contributed by atoms with Crippen LogP contribution in [0.3, 0.4) is 0 Å². The predicted octanol–water partition coefficient (Wildman–Crippen LogP) is 2.41. The Hall–Kier alpha value is -0.650. The maximum Gasteiger partial charge on any atom is 0.162 e. The zero-order valence-corrected chi connectivity index (χ0v) is 11.0. The van der Waals surface area contributed by atoms with Crippen LogP contribution >= 0.6 is 15.9 Å². The van der Waals surface area contributed by atoms with E-state index in [2.05, 4.69) is 26.2 Å². The van der Waals surface area contributed by atoms with E-state index in [4.69, 9.17) is 9.47 Å². The summed E-state index contributed by atoms with van der Waals surface area (Å²) in [5.74, 6) is -0.468. The van der Waals surface area contributed by atoms with Crippen LogP contribution in [0, 0.1) is 0 Å². The smallest absolute Gasteiger partial charge is 0.162 e. The second-order valence-electron chi connectivity index (χ2n) is 4.20. The molecule has 0 atom stereocenters. The van der Waals surface area contributed by atoms with Gasteiger partial charge in [-0.3, -0.25) is 0 Å². The molecule has 1 aliphatic heterocycles. The fourth-order valence-corrected chi connectivity index (χ4v) is 1.85. The van der Waals surface area contributed by atoms with Gasteiger partial charge in [0.05, 0.1) is 24.9 Å². The summed E-state index contributed by atoms with van der Waals surface area (Å²) >= 11 is 3.39. The van der Waals surface area contributed by atoms with Crippen LogP contribution in [0.25, 0.3) is 0 Å². The van der Waals surface area contributed by atoms with E-state index in [0.717, 1.165) is 10.3 Å². The van der Waals surface area contributed by atoms with Crippen LogP contribution in [0.4, 0.5) is 5.69 Å². The summed E-state index contributed by atoms with van der Waals surface area (Å²) in [5.41, 5.74) is 0.958. The Morgan fingerprint density at radius 3 is 2.75 bits per heavy atom. The monoisotopic (exact) mass is 286 g/mol. The molecule has 0 unspecified atom stereocenters. The largest absolute Gasteiger partial charge is 0.375 e. The minimum atomic E-state index is -0.468. The molecule has 0 aromatic carbocycles. The highest BCUT2D eigenvalue weighted by Crippen LogP contribution is 2.23. The molecular formula is C11H15BrN2O2. The van der Waals surface area contributed by atoms with Gasteiger partial charge in [0, 0.05) is 6.20 Å². The molecule has 5 heteroatoms. The van der Waals surface area contributed by atoms with Crippen molar-refractivity contribution in [2.24, 2.45) is 0 Å². The molecule has 0 bridgehead atoms. The van der Waals surface area contributed by atoms with Gasteiger partial charge in [0.1, 0.15) is 4.60 Å². The van der Waals surface area contributed by atoms with Crippen molar-refractivity contribution in [1.82, 2.24) is 4.98 Å². The molecule has 1 aliphatic rings. The number of pyridine rings is 1. The number of nitrogens with one attached hydrogen (secondary N) is 1. The zero-order valence-electron chi connectivity index (χ0n) is 9.37. The van der Waals surface area contributed by atoms with E-state index in [-0.39, 0.29) is 6.04 Å². The average molecular weight is 287 g/mol. The van der Waals surface area contributed by atoms with Crippen LogP contribution in [0.5, 0.6) is 0 Å². The first-order valence-electron chi connectivity index (χ1n) is 5.22. The molecule has 16 heavy (non-hydrogen) atoms. The summed E-state index contributed by atoms with van der Waals surface area (Å²) in [6.07, 6.45) is 1.74. The van der Waals surface area contributed by atoms with Crippen molar-refractivity contribution in [3.8, 4) is 0 Å². The summed E-state index contributed by atoms with van der Waals surface area (Å²) < 4.78 is 11.9. The van der Waals surface area contributed by atoms with Crippen molar-refractivity contribution in [3.63, 3.8) is 0 Å². The minimum Gasteiger partial charge on any atom is -0.375 e. The molecule has 1 N–H and O–H groups in total. The van der Waals surface area contributed by atoms with E-state index >= 15 is 0 Å². The summed E-state index contributed by atoms with van der Waals surface area (Å²) in [7, 11) is 0. The van der Waals surface area contributed by atoms with Crippen LogP contribution < -0.4 is 5.32 Å². The van der Waals surface area contributed by atoms with Crippen molar-refractivity contribution >= 4 is 21.6 Å². The van der Waals surface area contributed by atoms with Crippen LogP contribution in [0.2, 0.25) is 0 Å². The Bertz CT molecular complexity index is 361. The molecule has 0 saturated carbocycles. The van der Waals surface area contributed by atoms with Gasteiger partial charge in [0.25, 0.3) is 0 Å². The van der Waals surface area contributed by atoms with Gasteiger partial charge in [-0.25, -0.2) is 4.98 Å². The molecule has 4 nitrogen and oxygen atoms in total. The minimum absolute atomic E-state index is 0.161. The van der Waals surface area contributed by atoms with Gasteiger partial charge in [-0.05, 0) is 41.9 Å². The third-order valence-electron chi connectivity index (χ3n) is 2.38. The Kier molecular flexibility index (Phi) is 3.47. The Morgan fingerprint density at radius 2 is 2.12 bits per heavy atom. The maximum atomic E-state index is 5.57. The normalized spacial score (nSPS) is 20.7. The first kappa shape index (κ1) is 11.8. The SMILES string of the molecule is CC1(C)OCC(Nc2cccnc2Br)CO1. The van der Waals surface area contributed by atoms with Gasteiger partial charge >= 0.3 is 0 Å². The molecule has 2 rings (SSSR count). The number of hydrogen-bond donors (Lipinski definition) is 1. The molecule has 0 amide bonds. The Morgan fingerprint density at radius 1 is 1.44 bits per heavy atom. The number of anilines is 1. The molecule has 1 aromatic rings. The molecule has 0 spiro atoms. The molecule has 0 aliphatic carbocycles. The lowest BCUT2D eigenvalue weighted by Gasteiger charge is -2.35. The van der Waals surface area contributed by atoms with Crippen molar-refractivity contribution < 1.29 is 9.47 Å². The fourth-order valence-electron chi connectivity index (χ4n) is 1.49. The average Bonchev–Trinajstić information content (AvgIpc) is 2.24. The summed E-state index contributed by atoms with van der Waals surface area (Å²) in [4.78, 5) is 4.15. The van der Waals surface area contributed by atoms with Gasteiger partial charge in [-0.15, -0.1) is 0 Å². The molecule has 2 heterocycles. The molecule has 1 saturated heterocycles. The summed E-state index contributed by atoms with van der Waals surface area (Å²) in [6, 6.07) is 4.02. The topological polar surface area (TPSA) is 43.4 Å². The maximum absolute atomic E-state index is 5.57. The Labute approximate surface area is 103 Å². The second-order valence-corrected chi connectivity index (χ2v) is 4.96. The second kappa shape index (κ2) is 4.69. The van der Waals surface area contributed by atoms with E-state index in [1.165, 1.54) is 0 Å². The van der Waals surface area contributed by atoms with Crippen molar-refractivity contribution in [1.29, 1.82) is 0 Å². The van der Waals surface area contributed by atoms with Gasteiger partial charge in [0.2, 0.25) is 0 Å². The van der Waals surface area contributed by atoms with Crippen molar-refractivity contribution in [3.05, 3.63) is 22.9 Å². The lowest BCUT2D eigenvalue weighted by molar-refractivity contribution is -0.247. The summed E-state index contributed by atoms with van der Waals surface area (Å²) in [5, 5.41) is 3.33. The highest BCUT2D eigenvalue weighted by molar-refractivity contribution is 9.10. The quantitative estimate of drug-likeness (QED) is 0.848. The van der Waals surface area contributed by atoms with Gasteiger partial charge in [0.15, 0.2) is 5.79 Å². The standard InChI is InChI=1S/C11H15BrN2O2/c1-11(2)15-6-8(7-16-11)14-9-4-3-5-13-10(9)12/h3-5,8,14H,6-7H2,1-2H3. The number of nitrogens with zero attached hydrogens (tertiary/aromatic N) is 1. The third kappa shape index (κ3) is 2.93. The van der Waals surface area contributed by atoms with E-state index in [0.29, 0.717) is 13.2 Å². The van der Waals surface area contributed by atoms with Crippen LogP contribution in [-0.2, 0) is 9.47 Å². The van der Waals surface area contributed by atoms with Gasteiger partial charge in [-0.2, -0.15) is 0 Å². The molecule has 88 valence electrons. The molecular weight excluding hydrogens is 272 g/mol. The molecule has 0 radical (unpaired) electrons. The van der Waals surface area contributed by atoms with E-state index < -0.39 is 5.79 Å². The highest BCUT2D eigenvalue weighted by Gasteiger charge is 2.28. The highest BCUT2D eigenvalue weighted by atomic mass is 79.9. The zero-order chi connectivity index (χ0) is 11.6. The van der Waals surface area contributed by atoms with Crippen LogP contribution in [-0.4, -0.2) is 30.0 Å². The Balaban J connectivity index is 1.95. The van der Waals surface area contributed by atoms with E-state index in [1.807, 2.05) is 26.0 Å². The lowest BCUT2D eigenvalue weighted by atomic mass is 10.2. The van der Waals surface area contributed by atoms with Crippen molar-refractivity contribution in [2.75, 3.05) is 18.5 Å². The number of ether oxygens (including phenoxy) is 2. The van der Waals surface area contributed by atoms with Crippen LogP contribution in [0.15, 0.2) is 22.9 Å². The lowest BCUT2D eigenvalue weighted by Crippen LogP contribution is -2.45.